The van der Waals surface area contributed by atoms with E-state index in [9.17, 15) is 9.90 Å². The largest absolute Gasteiger partial charge is 0.383 e. The first-order valence-electron chi connectivity index (χ1n) is 7.05. The zero-order valence-corrected chi connectivity index (χ0v) is 12.4. The molecule has 0 saturated carbocycles. The molecule has 0 aliphatic carbocycles. The van der Waals surface area contributed by atoms with E-state index in [0.717, 1.165) is 5.56 Å². The van der Waals surface area contributed by atoms with E-state index in [1.54, 1.807) is 4.90 Å². The molecule has 1 amide bonds. The monoisotopic (exact) mass is 277 g/mol. The van der Waals surface area contributed by atoms with Crippen molar-refractivity contribution in [2.24, 2.45) is 0 Å². The number of morpholine rings is 1. The minimum Gasteiger partial charge on any atom is -0.383 e. The number of nitrogens with zero attached hydrogens (tertiary/aromatic N) is 1. The van der Waals surface area contributed by atoms with Crippen LogP contribution in [0.1, 0.15) is 26.3 Å². The van der Waals surface area contributed by atoms with Gasteiger partial charge in [0.05, 0.1) is 18.2 Å². The topological polar surface area (TPSA) is 49.8 Å². The highest BCUT2D eigenvalue weighted by Gasteiger charge is 2.36. The van der Waals surface area contributed by atoms with Crippen molar-refractivity contribution in [1.29, 1.82) is 0 Å². The summed E-state index contributed by atoms with van der Waals surface area (Å²) in [7, 11) is 0. The van der Waals surface area contributed by atoms with Gasteiger partial charge in [-0.1, -0.05) is 30.3 Å². The molecule has 2 rings (SSSR count). The average molecular weight is 277 g/mol. The zero-order chi connectivity index (χ0) is 14.8. The molecule has 1 heterocycles. The predicted molar refractivity (Wildman–Crippen MR) is 77.4 cm³/mol. The number of carbonyl (C=O) groups is 1. The molecule has 1 N–H and O–H groups in total. The van der Waals surface area contributed by atoms with Gasteiger partial charge < -0.3 is 14.7 Å². The van der Waals surface area contributed by atoms with Crippen LogP contribution in [0, 0.1) is 0 Å². The maximum atomic E-state index is 12.4. The molecular weight excluding hydrogens is 254 g/mol. The molecule has 1 fully saturated rings. The maximum Gasteiger partial charge on any atom is 0.252 e. The van der Waals surface area contributed by atoms with Crippen molar-refractivity contribution in [2.75, 3.05) is 13.2 Å². The number of aliphatic hydroxyl groups is 1. The van der Waals surface area contributed by atoms with Crippen LogP contribution in [0.4, 0.5) is 0 Å². The standard InChI is InChI=1S/C16H23NO3/c1-12-10-20-16(2,3)11-17(12)15(19)14(18)9-13-7-5-4-6-8-13/h4-8,12,14,18H,9-11H2,1-3H3/t12-,14-/m0/s1. The maximum absolute atomic E-state index is 12.4. The van der Waals surface area contributed by atoms with Crippen LogP contribution in [-0.4, -0.2) is 46.8 Å². The number of hydrogen-bond donors (Lipinski definition) is 1. The molecular formula is C16H23NO3. The van der Waals surface area contributed by atoms with E-state index >= 15 is 0 Å². The molecule has 0 radical (unpaired) electrons. The van der Waals surface area contributed by atoms with Crippen LogP contribution in [0.15, 0.2) is 30.3 Å². The molecule has 20 heavy (non-hydrogen) atoms. The number of aliphatic hydroxyl groups excluding tert-OH is 1. The third kappa shape index (κ3) is 3.58. The van der Waals surface area contributed by atoms with Gasteiger partial charge in [-0.25, -0.2) is 0 Å². The lowest BCUT2D eigenvalue weighted by molar-refractivity contribution is -0.162. The molecule has 4 heteroatoms. The molecule has 0 aromatic heterocycles. The van der Waals surface area contributed by atoms with E-state index in [1.807, 2.05) is 51.1 Å². The van der Waals surface area contributed by atoms with E-state index < -0.39 is 6.10 Å². The lowest BCUT2D eigenvalue weighted by Crippen LogP contribution is -2.57. The van der Waals surface area contributed by atoms with Gasteiger partial charge in [0, 0.05) is 13.0 Å². The number of ether oxygens (including phenoxy) is 1. The summed E-state index contributed by atoms with van der Waals surface area (Å²) in [6.07, 6.45) is -0.641. The Morgan fingerprint density at radius 2 is 2.10 bits per heavy atom. The Kier molecular flexibility index (Phi) is 4.45. The zero-order valence-electron chi connectivity index (χ0n) is 12.4. The van der Waals surface area contributed by atoms with E-state index in [-0.39, 0.29) is 17.6 Å². The third-order valence-electron chi connectivity index (χ3n) is 3.64. The number of hydrogen-bond acceptors (Lipinski definition) is 3. The lowest BCUT2D eigenvalue weighted by atomic mass is 10.0. The fraction of sp³-hybridized carbons (Fsp3) is 0.562. The van der Waals surface area contributed by atoms with Crippen LogP contribution in [-0.2, 0) is 16.0 Å². The summed E-state index contributed by atoms with van der Waals surface area (Å²) in [5.41, 5.74) is 0.614. The van der Waals surface area contributed by atoms with Gasteiger partial charge in [-0.15, -0.1) is 0 Å². The number of amides is 1. The Morgan fingerprint density at radius 3 is 2.75 bits per heavy atom. The summed E-state index contributed by atoms with van der Waals surface area (Å²) in [4.78, 5) is 14.2. The van der Waals surface area contributed by atoms with E-state index in [1.165, 1.54) is 0 Å². The van der Waals surface area contributed by atoms with E-state index in [2.05, 4.69) is 0 Å². The fourth-order valence-electron chi connectivity index (χ4n) is 2.46. The molecule has 0 bridgehead atoms. The molecule has 1 aromatic carbocycles. The normalized spacial score (nSPS) is 23.4. The smallest absolute Gasteiger partial charge is 0.252 e. The van der Waals surface area contributed by atoms with Crippen molar-refractivity contribution < 1.29 is 14.6 Å². The Labute approximate surface area is 120 Å². The van der Waals surface area contributed by atoms with Crippen molar-refractivity contribution >= 4 is 5.91 Å². The summed E-state index contributed by atoms with van der Waals surface area (Å²) in [5, 5.41) is 10.2. The molecule has 1 saturated heterocycles. The molecule has 4 nitrogen and oxygen atoms in total. The van der Waals surface area contributed by atoms with Crippen LogP contribution in [0.2, 0.25) is 0 Å². The van der Waals surface area contributed by atoms with Crippen LogP contribution < -0.4 is 0 Å². The van der Waals surface area contributed by atoms with Crippen LogP contribution in [0.25, 0.3) is 0 Å². The van der Waals surface area contributed by atoms with Crippen LogP contribution in [0.3, 0.4) is 0 Å². The van der Waals surface area contributed by atoms with E-state index in [0.29, 0.717) is 19.6 Å². The molecule has 2 atom stereocenters. The van der Waals surface area contributed by atoms with Gasteiger partial charge in [0.15, 0.2) is 0 Å². The SMILES string of the molecule is C[C@H]1COC(C)(C)CN1C(=O)[C@@H](O)Cc1ccccc1. The van der Waals surface area contributed by atoms with Gasteiger partial charge >= 0.3 is 0 Å². The first-order valence-corrected chi connectivity index (χ1v) is 7.05. The number of rotatable bonds is 3. The highest BCUT2D eigenvalue weighted by Crippen LogP contribution is 2.21. The Morgan fingerprint density at radius 1 is 1.45 bits per heavy atom. The second-order valence-electron chi connectivity index (χ2n) is 6.09. The fourth-order valence-corrected chi connectivity index (χ4v) is 2.46. The number of benzene rings is 1. The summed E-state index contributed by atoms with van der Waals surface area (Å²) >= 11 is 0. The quantitative estimate of drug-likeness (QED) is 0.913. The molecule has 0 spiro atoms. The second-order valence-corrected chi connectivity index (χ2v) is 6.09. The van der Waals surface area contributed by atoms with Gasteiger partial charge in [-0.05, 0) is 26.3 Å². The van der Waals surface area contributed by atoms with Gasteiger partial charge in [0.1, 0.15) is 6.10 Å². The molecule has 110 valence electrons. The predicted octanol–water partition coefficient (Wildman–Crippen LogP) is 1.62. The van der Waals surface area contributed by atoms with Gasteiger partial charge in [0.25, 0.3) is 5.91 Å². The van der Waals surface area contributed by atoms with E-state index in [4.69, 9.17) is 4.74 Å². The minimum absolute atomic E-state index is 0.000878. The number of carbonyl (C=O) groups excluding carboxylic acids is 1. The molecule has 1 aromatic rings. The van der Waals surface area contributed by atoms with Crippen molar-refractivity contribution in [3.05, 3.63) is 35.9 Å². The summed E-state index contributed by atoms with van der Waals surface area (Å²) < 4.78 is 5.68. The van der Waals surface area contributed by atoms with Crippen molar-refractivity contribution in [3.63, 3.8) is 0 Å². The third-order valence-corrected chi connectivity index (χ3v) is 3.64. The van der Waals surface area contributed by atoms with Gasteiger partial charge in [-0.2, -0.15) is 0 Å². The molecule has 1 aliphatic rings. The Bertz CT molecular complexity index is 458. The first kappa shape index (κ1) is 15.0. The summed E-state index contributed by atoms with van der Waals surface area (Å²) in [6, 6.07) is 9.58. The van der Waals surface area contributed by atoms with Crippen LogP contribution >= 0.6 is 0 Å². The summed E-state index contributed by atoms with van der Waals surface area (Å²) in [6.45, 7) is 6.89. The highest BCUT2D eigenvalue weighted by atomic mass is 16.5. The Balaban J connectivity index is 2.02. The minimum atomic E-state index is -0.992. The highest BCUT2D eigenvalue weighted by molar-refractivity contribution is 5.81. The van der Waals surface area contributed by atoms with Crippen LogP contribution in [0.5, 0.6) is 0 Å². The van der Waals surface area contributed by atoms with Gasteiger partial charge in [-0.3, -0.25) is 4.79 Å². The van der Waals surface area contributed by atoms with Gasteiger partial charge in [0.2, 0.25) is 0 Å². The van der Waals surface area contributed by atoms with Crippen molar-refractivity contribution in [2.45, 2.75) is 44.9 Å². The van der Waals surface area contributed by atoms with Crippen molar-refractivity contribution in [1.82, 2.24) is 4.90 Å². The lowest BCUT2D eigenvalue weighted by Gasteiger charge is -2.43. The molecule has 0 unspecified atom stereocenters. The Hall–Kier alpha value is -1.39. The first-order chi connectivity index (χ1) is 9.39. The second kappa shape index (κ2) is 5.94. The summed E-state index contributed by atoms with van der Waals surface area (Å²) in [5.74, 6) is -0.210. The van der Waals surface area contributed by atoms with Crippen molar-refractivity contribution in [3.8, 4) is 0 Å². The molecule has 1 aliphatic heterocycles. The average Bonchev–Trinajstić information content (AvgIpc) is 2.42.